The Morgan fingerprint density at radius 1 is 1.47 bits per heavy atom. The Labute approximate surface area is 92.9 Å². The van der Waals surface area contributed by atoms with E-state index in [4.69, 9.17) is 0 Å². The molecule has 1 aromatic heterocycles. The van der Waals surface area contributed by atoms with Crippen LogP contribution in [0, 0.1) is 0 Å². The predicted molar refractivity (Wildman–Crippen MR) is 64.1 cm³/mol. The Hall–Kier alpha value is -0.830. The number of nitrogens with zero attached hydrogens (tertiary/aromatic N) is 2. The van der Waals surface area contributed by atoms with Crippen LogP contribution in [-0.4, -0.2) is 22.9 Å². The van der Waals surface area contributed by atoms with E-state index in [0.717, 1.165) is 19.4 Å². The zero-order valence-electron chi connectivity index (χ0n) is 10.3. The average Bonchev–Trinajstić information content (AvgIpc) is 2.66. The molecule has 0 aliphatic heterocycles. The number of hydrogen-bond acceptors (Lipinski definition) is 2. The Bertz CT molecular complexity index is 280. The van der Waals surface area contributed by atoms with Crippen molar-refractivity contribution >= 4 is 0 Å². The van der Waals surface area contributed by atoms with Crippen LogP contribution in [-0.2, 0) is 6.54 Å². The molecule has 0 aliphatic rings. The molecule has 0 bridgehead atoms. The first-order valence-corrected chi connectivity index (χ1v) is 5.88. The summed E-state index contributed by atoms with van der Waals surface area (Å²) in [5, 5.41) is 7.64. The molecule has 0 aromatic carbocycles. The minimum atomic E-state index is 0.560. The third kappa shape index (κ3) is 3.34. The van der Waals surface area contributed by atoms with Gasteiger partial charge < -0.3 is 5.32 Å². The van der Waals surface area contributed by atoms with Crippen molar-refractivity contribution in [1.82, 2.24) is 15.1 Å². The van der Waals surface area contributed by atoms with Gasteiger partial charge >= 0.3 is 0 Å². The minimum Gasteiger partial charge on any atom is -0.317 e. The molecule has 3 heteroatoms. The maximum Gasteiger partial charge on any atom is 0.0492 e. The second-order valence-corrected chi connectivity index (χ2v) is 4.31. The lowest BCUT2D eigenvalue weighted by molar-refractivity contribution is 0.477. The van der Waals surface area contributed by atoms with E-state index >= 15 is 0 Å². The van der Waals surface area contributed by atoms with E-state index in [-0.39, 0.29) is 0 Å². The van der Waals surface area contributed by atoms with Gasteiger partial charge in [0.15, 0.2) is 0 Å². The van der Waals surface area contributed by atoms with Gasteiger partial charge in [0.05, 0.1) is 0 Å². The highest BCUT2D eigenvalue weighted by atomic mass is 15.3. The lowest BCUT2D eigenvalue weighted by atomic mass is 9.99. The molecule has 0 radical (unpaired) electrons. The molecule has 1 aromatic rings. The third-order valence-electron chi connectivity index (χ3n) is 2.89. The van der Waals surface area contributed by atoms with Crippen molar-refractivity contribution < 1.29 is 0 Å². The van der Waals surface area contributed by atoms with Crippen LogP contribution in [0.2, 0.25) is 0 Å². The molecule has 15 heavy (non-hydrogen) atoms. The monoisotopic (exact) mass is 209 g/mol. The van der Waals surface area contributed by atoms with Gasteiger partial charge in [-0.15, -0.1) is 0 Å². The maximum atomic E-state index is 4.36. The van der Waals surface area contributed by atoms with Crippen molar-refractivity contribution in [1.29, 1.82) is 0 Å². The number of nitrogens with one attached hydrogen (secondary N) is 1. The van der Waals surface area contributed by atoms with Crippen molar-refractivity contribution in [2.45, 2.75) is 52.1 Å². The summed E-state index contributed by atoms with van der Waals surface area (Å²) < 4.78 is 2.13. The molecule has 1 rings (SSSR count). The molecular weight excluding hydrogens is 186 g/mol. The third-order valence-corrected chi connectivity index (χ3v) is 2.89. The summed E-state index contributed by atoms with van der Waals surface area (Å²) in [6, 6.07) is 2.70. The molecule has 0 saturated carbocycles. The molecule has 0 saturated heterocycles. The first-order valence-electron chi connectivity index (χ1n) is 5.88. The van der Waals surface area contributed by atoms with Gasteiger partial charge in [-0.3, -0.25) is 4.68 Å². The number of aryl methyl sites for hydroxylation is 1. The first kappa shape index (κ1) is 12.2. The summed E-state index contributed by atoms with van der Waals surface area (Å²) in [4.78, 5) is 0. The van der Waals surface area contributed by atoms with E-state index < -0.39 is 0 Å². The van der Waals surface area contributed by atoms with Gasteiger partial charge in [-0.25, -0.2) is 0 Å². The lowest BCUT2D eigenvalue weighted by Crippen LogP contribution is -2.23. The molecule has 0 amide bonds. The smallest absolute Gasteiger partial charge is 0.0492 e. The molecular formula is C12H23N3. The fourth-order valence-electron chi connectivity index (χ4n) is 1.93. The topological polar surface area (TPSA) is 29.9 Å². The van der Waals surface area contributed by atoms with Crippen LogP contribution >= 0.6 is 0 Å². The van der Waals surface area contributed by atoms with Crippen LogP contribution in [0.25, 0.3) is 0 Å². The summed E-state index contributed by atoms with van der Waals surface area (Å²) in [7, 11) is 2.01. The Kier molecular flexibility index (Phi) is 4.82. The fraction of sp³-hybridized carbons (Fsp3) is 0.750. The van der Waals surface area contributed by atoms with E-state index in [9.17, 15) is 0 Å². The van der Waals surface area contributed by atoms with E-state index in [1.54, 1.807) is 0 Å². The molecule has 1 heterocycles. The molecule has 2 atom stereocenters. The van der Waals surface area contributed by atoms with Crippen molar-refractivity contribution in [2.75, 3.05) is 7.05 Å². The Balaban J connectivity index is 2.63. The summed E-state index contributed by atoms with van der Waals surface area (Å²) in [5.74, 6) is 0.571. The summed E-state index contributed by atoms with van der Waals surface area (Å²) in [5.41, 5.74) is 1.36. The van der Waals surface area contributed by atoms with Crippen LogP contribution in [0.15, 0.2) is 12.3 Å². The van der Waals surface area contributed by atoms with Crippen LogP contribution < -0.4 is 5.32 Å². The molecule has 2 unspecified atom stereocenters. The Morgan fingerprint density at radius 3 is 2.80 bits per heavy atom. The summed E-state index contributed by atoms with van der Waals surface area (Å²) in [6.07, 6.45) is 4.21. The van der Waals surface area contributed by atoms with E-state index in [1.807, 2.05) is 13.2 Å². The normalized spacial score (nSPS) is 15.2. The van der Waals surface area contributed by atoms with Gasteiger partial charge in [-0.2, -0.15) is 5.10 Å². The molecule has 0 aliphatic carbocycles. The molecule has 3 nitrogen and oxygen atoms in total. The van der Waals surface area contributed by atoms with E-state index in [2.05, 4.69) is 41.9 Å². The zero-order valence-corrected chi connectivity index (χ0v) is 10.3. The van der Waals surface area contributed by atoms with Gasteiger partial charge in [-0.1, -0.05) is 13.8 Å². The molecule has 86 valence electrons. The molecule has 0 spiro atoms. The summed E-state index contributed by atoms with van der Waals surface area (Å²) >= 11 is 0. The van der Waals surface area contributed by atoms with Gasteiger partial charge in [-0.05, 0) is 38.8 Å². The highest BCUT2D eigenvalue weighted by Crippen LogP contribution is 2.20. The second kappa shape index (κ2) is 5.91. The van der Waals surface area contributed by atoms with Crippen molar-refractivity contribution in [3.05, 3.63) is 18.0 Å². The fourth-order valence-corrected chi connectivity index (χ4v) is 1.93. The maximum absolute atomic E-state index is 4.36. The number of aromatic nitrogens is 2. The lowest BCUT2D eigenvalue weighted by Gasteiger charge is -2.17. The van der Waals surface area contributed by atoms with Crippen LogP contribution in [0.3, 0.4) is 0 Å². The van der Waals surface area contributed by atoms with E-state index in [0.29, 0.717) is 12.0 Å². The zero-order chi connectivity index (χ0) is 11.3. The van der Waals surface area contributed by atoms with Gasteiger partial charge in [0.2, 0.25) is 0 Å². The Morgan fingerprint density at radius 2 is 2.20 bits per heavy atom. The van der Waals surface area contributed by atoms with Crippen molar-refractivity contribution in [3.8, 4) is 0 Å². The standard InChI is InChI=1S/C12H23N3/c1-5-8-15-12(6-7-14-15)10(2)9-11(3)13-4/h6-7,10-11,13H,5,8-9H2,1-4H3. The highest BCUT2D eigenvalue weighted by molar-refractivity contribution is 5.07. The van der Waals surface area contributed by atoms with Crippen molar-refractivity contribution in [3.63, 3.8) is 0 Å². The highest BCUT2D eigenvalue weighted by Gasteiger charge is 2.13. The van der Waals surface area contributed by atoms with Crippen LogP contribution in [0.1, 0.15) is 45.2 Å². The number of hydrogen-bond donors (Lipinski definition) is 1. The van der Waals surface area contributed by atoms with Gasteiger partial charge in [0, 0.05) is 24.5 Å². The van der Waals surface area contributed by atoms with Crippen molar-refractivity contribution in [2.24, 2.45) is 0 Å². The van der Waals surface area contributed by atoms with Crippen LogP contribution in [0.5, 0.6) is 0 Å². The quantitative estimate of drug-likeness (QED) is 0.779. The molecule has 1 N–H and O–H groups in total. The second-order valence-electron chi connectivity index (χ2n) is 4.31. The van der Waals surface area contributed by atoms with Gasteiger partial charge in [0.25, 0.3) is 0 Å². The SMILES string of the molecule is CCCn1nccc1C(C)CC(C)NC. The average molecular weight is 209 g/mol. The minimum absolute atomic E-state index is 0.560. The molecule has 0 fully saturated rings. The summed E-state index contributed by atoms with van der Waals surface area (Å²) in [6.45, 7) is 7.71. The predicted octanol–water partition coefficient (Wildman–Crippen LogP) is 2.39. The van der Waals surface area contributed by atoms with E-state index in [1.165, 1.54) is 5.69 Å². The van der Waals surface area contributed by atoms with Crippen LogP contribution in [0.4, 0.5) is 0 Å². The largest absolute Gasteiger partial charge is 0.317 e. The number of rotatable bonds is 6. The van der Waals surface area contributed by atoms with Gasteiger partial charge in [0.1, 0.15) is 0 Å². The first-order chi connectivity index (χ1) is 7.19.